The highest BCUT2D eigenvalue weighted by molar-refractivity contribution is 6.01. The van der Waals surface area contributed by atoms with Crippen molar-refractivity contribution in [2.24, 2.45) is 5.92 Å². The summed E-state index contributed by atoms with van der Waals surface area (Å²) in [6.45, 7) is 6.37. The summed E-state index contributed by atoms with van der Waals surface area (Å²) < 4.78 is 86.9. The summed E-state index contributed by atoms with van der Waals surface area (Å²) >= 11 is 0. The molecule has 0 unspecified atom stereocenters. The average molecular weight is 597 g/mol. The van der Waals surface area contributed by atoms with Crippen LogP contribution in [0, 0.1) is 18.3 Å². The van der Waals surface area contributed by atoms with Crippen LogP contribution in [0.25, 0.3) is 0 Å². The molecular formula is C29H34F6N6O. The van der Waals surface area contributed by atoms with Crippen molar-refractivity contribution in [3.8, 4) is 0 Å². The van der Waals surface area contributed by atoms with Gasteiger partial charge in [-0.05, 0) is 69.4 Å². The molecule has 42 heavy (non-hydrogen) atoms. The monoisotopic (exact) mass is 596 g/mol. The summed E-state index contributed by atoms with van der Waals surface area (Å²) in [6, 6.07) is 4.93. The molecule has 1 aliphatic rings. The van der Waals surface area contributed by atoms with Crippen LogP contribution in [-0.4, -0.2) is 36.0 Å². The first-order valence-corrected chi connectivity index (χ1v) is 13.7. The van der Waals surface area contributed by atoms with E-state index in [1.54, 1.807) is 37.9 Å². The highest BCUT2D eigenvalue weighted by Gasteiger charge is 2.37. The normalized spacial score (nSPS) is 14.0. The third kappa shape index (κ3) is 7.16. The number of benzene rings is 1. The molecule has 3 aromatic rings. The molecule has 0 bridgehead atoms. The number of rotatable bonds is 11. The topological polar surface area (TPSA) is 81.3 Å². The van der Waals surface area contributed by atoms with Crippen molar-refractivity contribution in [1.82, 2.24) is 10.1 Å². The van der Waals surface area contributed by atoms with E-state index in [9.17, 15) is 26.3 Å². The van der Waals surface area contributed by atoms with Crippen LogP contribution in [-0.2, 0) is 25.4 Å². The third-order valence-electron chi connectivity index (χ3n) is 7.43. The Morgan fingerprint density at radius 2 is 1.64 bits per heavy atom. The maximum atomic E-state index is 13.6. The van der Waals surface area contributed by atoms with E-state index in [1.807, 2.05) is 6.92 Å². The molecule has 1 fully saturated rings. The number of nitrogens with zero attached hydrogens (tertiary/aromatic N) is 4. The quantitative estimate of drug-likeness (QED) is 0.175. The SMILES string of the molecule is CCN(CC1CCC1)c1nc(NC)c(C(C)=N)cc1CN(Cc1cc(C(F)(F)F)cc(C(F)(F)F)c1)c1cc(C)on1. The zero-order valence-corrected chi connectivity index (χ0v) is 23.9. The average Bonchev–Trinajstić information content (AvgIpc) is 3.32. The lowest BCUT2D eigenvalue weighted by Crippen LogP contribution is -2.35. The zero-order valence-electron chi connectivity index (χ0n) is 23.9. The fourth-order valence-electron chi connectivity index (χ4n) is 5.02. The Bertz CT molecular complexity index is 1380. The fraction of sp³-hybridized carbons (Fsp3) is 0.483. The molecule has 1 aromatic carbocycles. The summed E-state index contributed by atoms with van der Waals surface area (Å²) in [5.74, 6) is 2.31. The predicted molar refractivity (Wildman–Crippen MR) is 149 cm³/mol. The smallest absolute Gasteiger partial charge is 0.373 e. The van der Waals surface area contributed by atoms with Crippen LogP contribution in [0.1, 0.15) is 66.7 Å². The second-order valence-corrected chi connectivity index (χ2v) is 10.6. The zero-order chi connectivity index (χ0) is 30.8. The molecule has 0 amide bonds. The van der Waals surface area contributed by atoms with Gasteiger partial charge in [-0.3, -0.25) is 0 Å². The van der Waals surface area contributed by atoms with Crippen LogP contribution < -0.4 is 15.1 Å². The molecular weight excluding hydrogens is 562 g/mol. The van der Waals surface area contributed by atoms with E-state index in [4.69, 9.17) is 14.9 Å². The van der Waals surface area contributed by atoms with Crippen LogP contribution in [0.5, 0.6) is 0 Å². The van der Waals surface area contributed by atoms with Gasteiger partial charge >= 0.3 is 12.4 Å². The van der Waals surface area contributed by atoms with Gasteiger partial charge in [-0.1, -0.05) is 11.6 Å². The Morgan fingerprint density at radius 1 is 1.00 bits per heavy atom. The van der Waals surface area contributed by atoms with Gasteiger partial charge in [-0.2, -0.15) is 26.3 Å². The Balaban J connectivity index is 1.82. The van der Waals surface area contributed by atoms with E-state index in [1.165, 1.54) is 0 Å². The van der Waals surface area contributed by atoms with Crippen LogP contribution in [0.2, 0.25) is 0 Å². The van der Waals surface area contributed by atoms with Crippen molar-refractivity contribution in [2.75, 3.05) is 35.3 Å². The molecule has 4 rings (SSSR count). The molecule has 0 aliphatic heterocycles. The van der Waals surface area contributed by atoms with Gasteiger partial charge in [0.25, 0.3) is 0 Å². The first kappa shape index (κ1) is 31.2. The van der Waals surface area contributed by atoms with Crippen LogP contribution in [0.15, 0.2) is 34.9 Å². The lowest BCUT2D eigenvalue weighted by Gasteiger charge is -2.34. The Hall–Kier alpha value is -3.77. The number of hydrogen-bond acceptors (Lipinski definition) is 7. The standard InChI is InChI=1S/C29H34F6N6O/c1-5-40(14-19-7-6-8-19)27-21(12-24(18(3)36)26(37-4)38-27)16-41(25-9-17(2)42-39-25)15-20-10-22(28(30,31)32)13-23(11-20)29(33,34)35/h9-13,19,36H,5-8,14-16H2,1-4H3,(H,37,38). The number of hydrogen-bond donors (Lipinski definition) is 2. The summed E-state index contributed by atoms with van der Waals surface area (Å²) in [5, 5.41) is 15.4. The molecule has 2 aromatic heterocycles. The van der Waals surface area contributed by atoms with E-state index in [0.29, 0.717) is 41.0 Å². The van der Waals surface area contributed by atoms with Gasteiger partial charge in [0, 0.05) is 56.1 Å². The largest absolute Gasteiger partial charge is 0.416 e. The molecule has 2 N–H and O–H groups in total. The number of anilines is 3. The van der Waals surface area contributed by atoms with Crippen molar-refractivity contribution in [2.45, 2.75) is 65.5 Å². The van der Waals surface area contributed by atoms with E-state index in [2.05, 4.69) is 15.4 Å². The molecule has 2 heterocycles. The second-order valence-electron chi connectivity index (χ2n) is 10.6. The molecule has 228 valence electrons. The molecule has 0 saturated heterocycles. The molecule has 1 saturated carbocycles. The van der Waals surface area contributed by atoms with Gasteiger partial charge in [0.1, 0.15) is 17.4 Å². The number of halogens is 6. The lowest BCUT2D eigenvalue weighted by atomic mass is 9.85. The second kappa shape index (κ2) is 12.2. The Labute approximate surface area is 240 Å². The predicted octanol–water partition coefficient (Wildman–Crippen LogP) is 7.68. The van der Waals surface area contributed by atoms with Gasteiger partial charge in [-0.25, -0.2) is 4.98 Å². The Morgan fingerprint density at radius 3 is 2.10 bits per heavy atom. The number of aryl methyl sites for hydroxylation is 1. The first-order chi connectivity index (χ1) is 19.7. The minimum Gasteiger partial charge on any atom is -0.373 e. The van der Waals surface area contributed by atoms with Gasteiger partial charge in [0.15, 0.2) is 5.82 Å². The van der Waals surface area contributed by atoms with Crippen molar-refractivity contribution >= 4 is 23.2 Å². The van der Waals surface area contributed by atoms with E-state index >= 15 is 0 Å². The van der Waals surface area contributed by atoms with Crippen LogP contribution in [0.3, 0.4) is 0 Å². The highest BCUT2D eigenvalue weighted by atomic mass is 19.4. The summed E-state index contributed by atoms with van der Waals surface area (Å²) in [6.07, 6.45) is -6.57. The molecule has 13 heteroatoms. The number of pyridine rings is 1. The molecule has 0 radical (unpaired) electrons. The number of aromatic nitrogens is 2. The lowest BCUT2D eigenvalue weighted by molar-refractivity contribution is -0.143. The van der Waals surface area contributed by atoms with E-state index in [0.717, 1.165) is 37.9 Å². The summed E-state index contributed by atoms with van der Waals surface area (Å²) in [4.78, 5) is 8.54. The van der Waals surface area contributed by atoms with Gasteiger partial charge in [-0.15, -0.1) is 0 Å². The molecule has 7 nitrogen and oxygen atoms in total. The number of alkyl halides is 6. The highest BCUT2D eigenvalue weighted by Crippen LogP contribution is 2.38. The number of nitrogens with one attached hydrogen (secondary N) is 2. The summed E-state index contributed by atoms with van der Waals surface area (Å²) in [5.41, 5.74) is -1.53. The maximum Gasteiger partial charge on any atom is 0.416 e. The van der Waals surface area contributed by atoms with Gasteiger partial charge < -0.3 is 25.0 Å². The summed E-state index contributed by atoms with van der Waals surface area (Å²) in [7, 11) is 1.71. The maximum absolute atomic E-state index is 13.6. The first-order valence-electron chi connectivity index (χ1n) is 13.7. The van der Waals surface area contributed by atoms with Crippen LogP contribution in [0.4, 0.5) is 43.8 Å². The van der Waals surface area contributed by atoms with E-state index < -0.39 is 23.5 Å². The minimum absolute atomic E-state index is 0.0390. The molecule has 0 spiro atoms. The Kier molecular flexibility index (Phi) is 9.07. The van der Waals surface area contributed by atoms with E-state index in [-0.39, 0.29) is 36.2 Å². The minimum atomic E-state index is -4.97. The van der Waals surface area contributed by atoms with Crippen molar-refractivity contribution in [1.29, 1.82) is 5.41 Å². The molecule has 0 atom stereocenters. The van der Waals surface area contributed by atoms with Gasteiger partial charge in [0.2, 0.25) is 0 Å². The van der Waals surface area contributed by atoms with Crippen LogP contribution >= 0.6 is 0 Å². The fourth-order valence-corrected chi connectivity index (χ4v) is 5.02. The van der Waals surface area contributed by atoms with Crippen molar-refractivity contribution in [3.05, 3.63) is 63.9 Å². The molecule has 1 aliphatic carbocycles. The van der Waals surface area contributed by atoms with Crippen molar-refractivity contribution < 1.29 is 30.9 Å². The van der Waals surface area contributed by atoms with Crippen molar-refractivity contribution in [3.63, 3.8) is 0 Å². The third-order valence-corrected chi connectivity index (χ3v) is 7.43. The van der Waals surface area contributed by atoms with Gasteiger partial charge in [0.05, 0.1) is 11.1 Å².